The molecule has 3 N–H and O–H groups in total. The highest BCUT2D eigenvalue weighted by atomic mass is 16.4. The molecule has 1 amide bonds. The van der Waals surface area contributed by atoms with Gasteiger partial charge in [0.05, 0.1) is 11.8 Å². The number of carbonyl (C=O) groups is 1. The third kappa shape index (κ3) is 2.85. The molecule has 1 unspecified atom stereocenters. The molecule has 0 saturated heterocycles. The smallest absolute Gasteiger partial charge is 0.255 e. The first-order chi connectivity index (χ1) is 8.97. The topological polar surface area (TPSA) is 95.6 Å². The number of amides is 1. The van der Waals surface area contributed by atoms with Crippen molar-refractivity contribution in [3.8, 4) is 11.5 Å². The Bertz CT molecular complexity index is 606. The van der Waals surface area contributed by atoms with Crippen molar-refractivity contribution in [2.75, 3.05) is 0 Å². The normalized spacial score (nSPS) is 12.1. The molecule has 6 heteroatoms. The highest BCUT2D eigenvalue weighted by Gasteiger charge is 2.17. The van der Waals surface area contributed by atoms with Gasteiger partial charge in [-0.2, -0.15) is 0 Å². The number of hydrogen-bond donors (Lipinski definition) is 3. The molecule has 1 aromatic carbocycles. The number of phenols is 2. The minimum atomic E-state index is -0.471. The zero-order valence-electron chi connectivity index (χ0n) is 10.5. The van der Waals surface area contributed by atoms with E-state index < -0.39 is 11.9 Å². The average Bonchev–Trinajstić information content (AvgIpc) is 2.75. The summed E-state index contributed by atoms with van der Waals surface area (Å²) >= 11 is 0. The third-order valence-electron chi connectivity index (χ3n) is 2.58. The van der Waals surface area contributed by atoms with Crippen LogP contribution in [0.5, 0.6) is 11.5 Å². The largest absolute Gasteiger partial charge is 0.508 e. The second-order valence-corrected chi connectivity index (χ2v) is 4.21. The number of nitrogens with one attached hydrogen (secondary N) is 1. The number of carbonyl (C=O) groups excluding carboxylic acids is 1. The lowest BCUT2D eigenvalue weighted by Crippen LogP contribution is -2.26. The summed E-state index contributed by atoms with van der Waals surface area (Å²) in [5, 5.41) is 21.4. The van der Waals surface area contributed by atoms with E-state index in [0.29, 0.717) is 11.7 Å². The maximum absolute atomic E-state index is 11.9. The fourth-order valence-electron chi connectivity index (χ4n) is 1.62. The Morgan fingerprint density at radius 2 is 2.16 bits per heavy atom. The van der Waals surface area contributed by atoms with Crippen molar-refractivity contribution in [3.05, 3.63) is 41.6 Å². The number of hydrogen-bond acceptors (Lipinski definition) is 5. The Morgan fingerprint density at radius 1 is 1.42 bits per heavy atom. The molecule has 0 aliphatic heterocycles. The van der Waals surface area contributed by atoms with Crippen LogP contribution >= 0.6 is 0 Å². The molecule has 0 aliphatic rings. The van der Waals surface area contributed by atoms with Crippen LogP contribution in [0.2, 0.25) is 0 Å². The summed E-state index contributed by atoms with van der Waals surface area (Å²) in [4.78, 5) is 16.0. The molecule has 0 aliphatic carbocycles. The van der Waals surface area contributed by atoms with Gasteiger partial charge in [-0.15, -0.1) is 0 Å². The lowest BCUT2D eigenvalue weighted by molar-refractivity contribution is 0.0931. The second-order valence-electron chi connectivity index (χ2n) is 4.21. The van der Waals surface area contributed by atoms with Gasteiger partial charge in [0.15, 0.2) is 0 Å². The lowest BCUT2D eigenvalue weighted by atomic mass is 10.1. The minimum absolute atomic E-state index is 0.0768. The average molecular weight is 262 g/mol. The number of oxazole rings is 1. The molecule has 0 spiro atoms. The van der Waals surface area contributed by atoms with Crippen LogP contribution in [0.15, 0.2) is 28.8 Å². The van der Waals surface area contributed by atoms with Gasteiger partial charge in [0.2, 0.25) is 5.89 Å². The fraction of sp³-hybridized carbons (Fsp3) is 0.231. The molecule has 0 bridgehead atoms. The summed E-state index contributed by atoms with van der Waals surface area (Å²) in [5.41, 5.74) is 0.0768. The van der Waals surface area contributed by atoms with Crippen LogP contribution in [0.1, 0.15) is 35.0 Å². The highest BCUT2D eigenvalue weighted by Crippen LogP contribution is 2.23. The first-order valence-electron chi connectivity index (χ1n) is 5.72. The third-order valence-corrected chi connectivity index (χ3v) is 2.58. The fourth-order valence-corrected chi connectivity index (χ4v) is 1.62. The molecule has 2 rings (SSSR count). The van der Waals surface area contributed by atoms with Gasteiger partial charge in [-0.1, -0.05) is 0 Å². The van der Waals surface area contributed by atoms with E-state index in [1.807, 2.05) is 0 Å². The van der Waals surface area contributed by atoms with Gasteiger partial charge in [-0.3, -0.25) is 4.79 Å². The second kappa shape index (κ2) is 5.01. The molecule has 19 heavy (non-hydrogen) atoms. The van der Waals surface area contributed by atoms with Gasteiger partial charge in [0, 0.05) is 6.07 Å². The Labute approximate surface area is 109 Å². The predicted molar refractivity (Wildman–Crippen MR) is 66.9 cm³/mol. The number of aromatic hydroxyl groups is 2. The number of aromatic nitrogens is 1. The Balaban J connectivity index is 2.12. The maximum atomic E-state index is 11.9. The number of aryl methyl sites for hydroxylation is 1. The van der Waals surface area contributed by atoms with Crippen molar-refractivity contribution in [2.45, 2.75) is 19.9 Å². The highest BCUT2D eigenvalue weighted by molar-refractivity contribution is 5.97. The lowest BCUT2D eigenvalue weighted by Gasteiger charge is -2.11. The predicted octanol–water partition coefficient (Wildman–Crippen LogP) is 1.89. The number of phenolic OH excluding ortho intramolecular Hbond substituents is 2. The summed E-state index contributed by atoms with van der Waals surface area (Å²) in [6, 6.07) is 3.35. The molecular formula is C13H14N2O4. The standard InChI is InChI=1S/C13H14N2O4/c1-7-6-14-13(19-7)8(2)15-12(18)10-4-3-9(16)5-11(10)17/h3-6,8,16-17H,1-2H3,(H,15,18). The molecule has 6 nitrogen and oxygen atoms in total. The van der Waals surface area contributed by atoms with Gasteiger partial charge in [0.1, 0.15) is 23.3 Å². The monoisotopic (exact) mass is 262 g/mol. The van der Waals surface area contributed by atoms with Gasteiger partial charge < -0.3 is 19.9 Å². The zero-order chi connectivity index (χ0) is 14.0. The molecule has 0 radical (unpaired) electrons. The SMILES string of the molecule is Cc1cnc(C(C)NC(=O)c2ccc(O)cc2O)o1. The van der Waals surface area contributed by atoms with Crippen LogP contribution < -0.4 is 5.32 Å². The van der Waals surface area contributed by atoms with E-state index in [0.717, 1.165) is 6.07 Å². The van der Waals surface area contributed by atoms with Crippen molar-refractivity contribution in [3.63, 3.8) is 0 Å². The first-order valence-corrected chi connectivity index (χ1v) is 5.72. The van der Waals surface area contributed by atoms with Gasteiger partial charge >= 0.3 is 0 Å². The quantitative estimate of drug-likeness (QED) is 0.785. The molecule has 100 valence electrons. The van der Waals surface area contributed by atoms with Gasteiger partial charge in [0.25, 0.3) is 5.91 Å². The molecular weight excluding hydrogens is 248 g/mol. The van der Waals surface area contributed by atoms with E-state index in [9.17, 15) is 9.90 Å². The molecule has 0 saturated carbocycles. The molecule has 1 heterocycles. The van der Waals surface area contributed by atoms with E-state index in [-0.39, 0.29) is 17.1 Å². The number of rotatable bonds is 3. The maximum Gasteiger partial charge on any atom is 0.255 e. The van der Waals surface area contributed by atoms with Gasteiger partial charge in [-0.05, 0) is 26.0 Å². The minimum Gasteiger partial charge on any atom is -0.508 e. The molecule has 1 aromatic heterocycles. The summed E-state index contributed by atoms with van der Waals surface area (Å²) < 4.78 is 5.30. The first kappa shape index (κ1) is 12.9. The van der Waals surface area contributed by atoms with Crippen molar-refractivity contribution in [1.82, 2.24) is 10.3 Å². The number of benzene rings is 1. The summed E-state index contributed by atoms with van der Waals surface area (Å²) in [6.07, 6.45) is 1.57. The summed E-state index contributed by atoms with van der Waals surface area (Å²) in [7, 11) is 0. The number of nitrogens with zero attached hydrogens (tertiary/aromatic N) is 1. The van der Waals surface area contributed by atoms with Crippen LogP contribution in [-0.4, -0.2) is 21.1 Å². The molecule has 0 fully saturated rings. The van der Waals surface area contributed by atoms with E-state index >= 15 is 0 Å². The Morgan fingerprint density at radius 3 is 2.74 bits per heavy atom. The van der Waals surface area contributed by atoms with Crippen LogP contribution in [0.4, 0.5) is 0 Å². The van der Waals surface area contributed by atoms with Crippen LogP contribution in [0, 0.1) is 6.92 Å². The van der Waals surface area contributed by atoms with E-state index in [1.165, 1.54) is 12.1 Å². The molecule has 2 aromatic rings. The van der Waals surface area contributed by atoms with E-state index in [1.54, 1.807) is 20.0 Å². The Kier molecular flexibility index (Phi) is 3.41. The van der Waals surface area contributed by atoms with Crippen molar-refractivity contribution in [2.24, 2.45) is 0 Å². The van der Waals surface area contributed by atoms with E-state index in [4.69, 9.17) is 9.52 Å². The summed E-state index contributed by atoms with van der Waals surface area (Å²) in [5.74, 6) is 0.187. The van der Waals surface area contributed by atoms with Crippen LogP contribution in [0.25, 0.3) is 0 Å². The van der Waals surface area contributed by atoms with Crippen molar-refractivity contribution >= 4 is 5.91 Å². The summed E-state index contributed by atoms with van der Waals surface area (Å²) in [6.45, 7) is 3.48. The Hall–Kier alpha value is -2.50. The van der Waals surface area contributed by atoms with Gasteiger partial charge in [-0.25, -0.2) is 4.98 Å². The van der Waals surface area contributed by atoms with Crippen molar-refractivity contribution in [1.29, 1.82) is 0 Å². The van der Waals surface area contributed by atoms with Crippen LogP contribution in [0.3, 0.4) is 0 Å². The van der Waals surface area contributed by atoms with E-state index in [2.05, 4.69) is 10.3 Å². The zero-order valence-corrected chi connectivity index (χ0v) is 10.5. The van der Waals surface area contributed by atoms with Crippen molar-refractivity contribution < 1.29 is 19.4 Å². The van der Waals surface area contributed by atoms with Crippen LogP contribution in [-0.2, 0) is 0 Å². The molecule has 1 atom stereocenters.